The molecule has 1 spiro atoms. The zero-order chi connectivity index (χ0) is 27.8. The second-order valence-electron chi connectivity index (χ2n) is 12.5. The molecule has 0 aliphatic heterocycles. The van der Waals surface area contributed by atoms with E-state index < -0.39 is 17.2 Å². The number of carbonyl (C=O) groups excluding carboxylic acids is 2. The Morgan fingerprint density at radius 3 is 2.36 bits per heavy atom. The molecule has 6 nitrogen and oxygen atoms in total. The predicted molar refractivity (Wildman–Crippen MR) is 153 cm³/mol. The van der Waals surface area contributed by atoms with E-state index in [1.54, 1.807) is 7.05 Å². The molecule has 3 aliphatic rings. The van der Waals surface area contributed by atoms with Gasteiger partial charge in [0.1, 0.15) is 5.60 Å². The quantitative estimate of drug-likeness (QED) is 0.235. The van der Waals surface area contributed by atoms with E-state index >= 15 is 0 Å². The summed E-state index contributed by atoms with van der Waals surface area (Å²) < 4.78 is 5.52. The van der Waals surface area contributed by atoms with Crippen molar-refractivity contribution in [1.29, 1.82) is 0 Å². The summed E-state index contributed by atoms with van der Waals surface area (Å²) in [7, 11) is 1.61. The SMILES string of the molecule is CN(C=O)/C(=N\C1(C)c2cc(C#CC3CC3)ccc2CC12CCc1ccccc1CC2)NC(=O)OC(C)(C)C. The maximum atomic E-state index is 12.8. The standard InChI is InChI=1S/C33H39N3O3/c1-31(2,3)39-30(38)34-29(36(5)22-37)35-32(4)28-20-24(13-12-23-10-11-23)14-15-27(28)21-33(32)18-16-25-8-6-7-9-26(25)17-19-33/h6-9,14-15,20,22-23H,10-11,16-19,21H2,1-5H3,(H,34,35,38). The molecule has 0 aromatic heterocycles. The summed E-state index contributed by atoms with van der Waals surface area (Å²) in [6, 6.07) is 15.2. The molecule has 2 aromatic carbocycles. The maximum absolute atomic E-state index is 12.8. The van der Waals surface area contributed by atoms with Crippen LogP contribution in [0.15, 0.2) is 47.5 Å². The summed E-state index contributed by atoms with van der Waals surface area (Å²) >= 11 is 0. The van der Waals surface area contributed by atoms with Crippen LogP contribution in [0, 0.1) is 23.2 Å². The molecule has 6 heteroatoms. The van der Waals surface area contributed by atoms with Gasteiger partial charge in [-0.05, 0) is 107 Å². The fraction of sp³-hybridized carbons (Fsp3) is 0.485. The van der Waals surface area contributed by atoms with E-state index in [-0.39, 0.29) is 11.4 Å². The van der Waals surface area contributed by atoms with Gasteiger partial charge >= 0.3 is 6.09 Å². The van der Waals surface area contributed by atoms with Crippen molar-refractivity contribution < 1.29 is 14.3 Å². The van der Waals surface area contributed by atoms with E-state index in [4.69, 9.17) is 9.73 Å². The van der Waals surface area contributed by atoms with Crippen LogP contribution >= 0.6 is 0 Å². The number of guanidine groups is 1. The number of hydrogen-bond donors (Lipinski definition) is 1. The van der Waals surface area contributed by atoms with Gasteiger partial charge in [-0.15, -0.1) is 0 Å². The number of nitrogens with one attached hydrogen (secondary N) is 1. The highest BCUT2D eigenvalue weighted by Crippen LogP contribution is 2.58. The molecule has 0 heterocycles. The van der Waals surface area contributed by atoms with Gasteiger partial charge in [0.15, 0.2) is 0 Å². The zero-order valence-corrected chi connectivity index (χ0v) is 23.8. The van der Waals surface area contributed by atoms with Crippen molar-refractivity contribution in [2.24, 2.45) is 16.3 Å². The third-order valence-electron chi connectivity index (χ3n) is 8.49. The Bertz CT molecular complexity index is 1350. The molecule has 3 aliphatic carbocycles. The number of ether oxygens (including phenoxy) is 1. The van der Waals surface area contributed by atoms with Gasteiger partial charge in [-0.1, -0.05) is 42.2 Å². The fourth-order valence-electron chi connectivity index (χ4n) is 6.11. The highest BCUT2D eigenvalue weighted by molar-refractivity contribution is 5.98. The lowest BCUT2D eigenvalue weighted by atomic mass is 9.66. The third-order valence-corrected chi connectivity index (χ3v) is 8.49. The Morgan fingerprint density at radius 1 is 1.10 bits per heavy atom. The van der Waals surface area contributed by atoms with Gasteiger partial charge in [-0.3, -0.25) is 15.0 Å². The van der Waals surface area contributed by atoms with Crippen LogP contribution in [0.2, 0.25) is 0 Å². The molecule has 0 bridgehead atoms. The van der Waals surface area contributed by atoms with Gasteiger partial charge in [0.25, 0.3) is 0 Å². The Kier molecular flexibility index (Phi) is 7.05. The van der Waals surface area contributed by atoms with Gasteiger partial charge in [0, 0.05) is 23.9 Å². The minimum Gasteiger partial charge on any atom is -0.444 e. The number of aryl methyl sites for hydroxylation is 2. The molecule has 2 aromatic rings. The van der Waals surface area contributed by atoms with Crippen LogP contribution in [0.1, 0.15) is 81.2 Å². The van der Waals surface area contributed by atoms with Crippen molar-refractivity contribution in [3.05, 3.63) is 70.3 Å². The first kappa shape index (κ1) is 27.0. The van der Waals surface area contributed by atoms with E-state index in [1.165, 1.54) is 34.4 Å². The average Bonchev–Trinajstić information content (AvgIpc) is 3.70. The van der Waals surface area contributed by atoms with Crippen LogP contribution in [0.5, 0.6) is 0 Å². The number of amides is 2. The molecule has 204 valence electrons. The zero-order valence-electron chi connectivity index (χ0n) is 23.8. The number of hydrogen-bond acceptors (Lipinski definition) is 4. The molecule has 0 radical (unpaired) electrons. The molecule has 39 heavy (non-hydrogen) atoms. The second-order valence-corrected chi connectivity index (χ2v) is 12.5. The molecule has 1 unspecified atom stereocenters. The van der Waals surface area contributed by atoms with Crippen LogP contribution in [-0.4, -0.2) is 36.0 Å². The molecule has 1 N–H and O–H groups in total. The minimum atomic E-state index is -0.691. The Hall–Kier alpha value is -3.59. The first-order valence-electron chi connectivity index (χ1n) is 14.0. The molecule has 2 amide bonds. The fourth-order valence-corrected chi connectivity index (χ4v) is 6.11. The van der Waals surface area contributed by atoms with Crippen LogP contribution in [0.3, 0.4) is 0 Å². The summed E-state index contributed by atoms with van der Waals surface area (Å²) in [5, 5.41) is 2.78. The maximum Gasteiger partial charge on any atom is 0.414 e. The summed E-state index contributed by atoms with van der Waals surface area (Å²) in [5.41, 5.74) is 4.59. The van der Waals surface area contributed by atoms with Crippen molar-refractivity contribution in [3.63, 3.8) is 0 Å². The number of fused-ring (bicyclic) bond motifs is 2. The molecule has 5 rings (SSSR count). The molecule has 1 fully saturated rings. The molecule has 1 saturated carbocycles. The van der Waals surface area contributed by atoms with Gasteiger partial charge in [-0.25, -0.2) is 9.79 Å². The van der Waals surface area contributed by atoms with E-state index in [1.807, 2.05) is 20.8 Å². The van der Waals surface area contributed by atoms with E-state index in [0.29, 0.717) is 12.3 Å². The number of alkyl carbamates (subject to hydrolysis) is 1. The third kappa shape index (κ3) is 5.59. The van der Waals surface area contributed by atoms with Gasteiger partial charge in [-0.2, -0.15) is 0 Å². The lowest BCUT2D eigenvalue weighted by Gasteiger charge is -2.42. The first-order valence-corrected chi connectivity index (χ1v) is 14.0. The minimum absolute atomic E-state index is 0.185. The summed E-state index contributed by atoms with van der Waals surface area (Å²) in [4.78, 5) is 31.4. The normalized spacial score (nSPS) is 21.6. The smallest absolute Gasteiger partial charge is 0.414 e. The molecule has 0 saturated heterocycles. The van der Waals surface area contributed by atoms with E-state index in [0.717, 1.165) is 43.2 Å². The number of benzene rings is 2. The predicted octanol–water partition coefficient (Wildman–Crippen LogP) is 5.75. The van der Waals surface area contributed by atoms with Crippen molar-refractivity contribution in [2.75, 3.05) is 7.05 Å². The summed E-state index contributed by atoms with van der Waals surface area (Å²) in [6.45, 7) is 7.60. The molecular weight excluding hydrogens is 486 g/mol. The Labute approximate surface area is 232 Å². The van der Waals surface area contributed by atoms with Crippen molar-refractivity contribution in [3.8, 4) is 11.8 Å². The lowest BCUT2D eigenvalue weighted by Crippen LogP contribution is -2.48. The van der Waals surface area contributed by atoms with E-state index in [9.17, 15) is 9.59 Å². The molecule has 1 atom stereocenters. The van der Waals surface area contributed by atoms with Crippen LogP contribution < -0.4 is 5.32 Å². The van der Waals surface area contributed by atoms with Crippen molar-refractivity contribution in [2.45, 2.75) is 83.8 Å². The number of rotatable bonds is 2. The van der Waals surface area contributed by atoms with Crippen molar-refractivity contribution >= 4 is 18.5 Å². The largest absolute Gasteiger partial charge is 0.444 e. The van der Waals surface area contributed by atoms with Crippen LogP contribution in [0.4, 0.5) is 4.79 Å². The summed E-state index contributed by atoms with van der Waals surface area (Å²) in [5.74, 6) is 7.47. The average molecular weight is 526 g/mol. The van der Waals surface area contributed by atoms with Crippen LogP contribution in [-0.2, 0) is 34.3 Å². The van der Waals surface area contributed by atoms with Gasteiger partial charge in [0.2, 0.25) is 12.4 Å². The highest BCUT2D eigenvalue weighted by Gasteiger charge is 2.55. The first-order chi connectivity index (χ1) is 18.5. The lowest BCUT2D eigenvalue weighted by molar-refractivity contribution is -0.114. The van der Waals surface area contributed by atoms with Crippen molar-refractivity contribution in [1.82, 2.24) is 10.2 Å². The number of nitrogens with zero attached hydrogens (tertiary/aromatic N) is 2. The van der Waals surface area contributed by atoms with Gasteiger partial charge in [0.05, 0.1) is 5.54 Å². The highest BCUT2D eigenvalue weighted by atomic mass is 16.6. The van der Waals surface area contributed by atoms with E-state index in [2.05, 4.69) is 66.5 Å². The second kappa shape index (κ2) is 10.2. The summed E-state index contributed by atoms with van der Waals surface area (Å²) in [6.07, 6.45) is 7.11. The topological polar surface area (TPSA) is 71.0 Å². The Balaban J connectivity index is 1.60. The van der Waals surface area contributed by atoms with Gasteiger partial charge < -0.3 is 4.74 Å². The molecular formula is C33H39N3O3. The Morgan fingerprint density at radius 2 is 1.77 bits per heavy atom. The monoisotopic (exact) mass is 525 g/mol. The van der Waals surface area contributed by atoms with Crippen LogP contribution in [0.25, 0.3) is 0 Å². The number of aliphatic imine (C=N–C) groups is 1. The number of carbonyl (C=O) groups is 2.